The molecule has 0 radical (unpaired) electrons. The highest BCUT2D eigenvalue weighted by molar-refractivity contribution is 6.34. The second kappa shape index (κ2) is 6.47. The molecular formula is C11H11Cl2NO4. The Hall–Kier alpha value is -1.46. The monoisotopic (exact) mass is 291 g/mol. The van der Waals surface area contributed by atoms with Crippen molar-refractivity contribution >= 4 is 35.1 Å². The van der Waals surface area contributed by atoms with Gasteiger partial charge in [0.25, 0.3) is 5.91 Å². The molecule has 0 heterocycles. The van der Waals surface area contributed by atoms with Crippen molar-refractivity contribution in [3.8, 4) is 5.75 Å². The molecule has 0 bridgehead atoms. The topological polar surface area (TPSA) is 75.6 Å². The SMILES string of the molecule is C[C@@H](NC(=O)COc1cc(Cl)cc(Cl)c1)C(=O)O. The number of hydrogen-bond donors (Lipinski definition) is 2. The molecular weight excluding hydrogens is 281 g/mol. The molecule has 0 aliphatic rings. The van der Waals surface area contributed by atoms with E-state index in [0.29, 0.717) is 15.8 Å². The molecule has 0 saturated carbocycles. The zero-order valence-electron chi connectivity index (χ0n) is 9.44. The predicted octanol–water partition coefficient (Wildman–Crippen LogP) is 1.96. The fourth-order valence-corrected chi connectivity index (χ4v) is 1.61. The number of carboxylic acids is 1. The Labute approximate surface area is 114 Å². The van der Waals surface area contributed by atoms with E-state index in [2.05, 4.69) is 5.32 Å². The van der Waals surface area contributed by atoms with E-state index in [1.54, 1.807) is 0 Å². The summed E-state index contributed by atoms with van der Waals surface area (Å²) >= 11 is 11.5. The minimum atomic E-state index is -1.12. The van der Waals surface area contributed by atoms with E-state index < -0.39 is 17.9 Å². The molecule has 0 spiro atoms. The van der Waals surface area contributed by atoms with E-state index >= 15 is 0 Å². The van der Waals surface area contributed by atoms with Gasteiger partial charge < -0.3 is 15.2 Å². The van der Waals surface area contributed by atoms with Crippen LogP contribution < -0.4 is 10.1 Å². The van der Waals surface area contributed by atoms with Gasteiger partial charge in [-0.25, -0.2) is 0 Å². The van der Waals surface area contributed by atoms with Crippen LogP contribution in [0.3, 0.4) is 0 Å². The molecule has 0 saturated heterocycles. The van der Waals surface area contributed by atoms with Gasteiger partial charge in [0, 0.05) is 10.0 Å². The van der Waals surface area contributed by atoms with Crippen LogP contribution in [0, 0.1) is 0 Å². The van der Waals surface area contributed by atoms with Crippen molar-refractivity contribution in [2.24, 2.45) is 0 Å². The van der Waals surface area contributed by atoms with Crippen LogP contribution >= 0.6 is 23.2 Å². The first-order chi connectivity index (χ1) is 8.38. The number of rotatable bonds is 5. The summed E-state index contributed by atoms with van der Waals surface area (Å²) in [4.78, 5) is 21.8. The van der Waals surface area contributed by atoms with Gasteiger partial charge in [0.1, 0.15) is 11.8 Å². The normalized spacial score (nSPS) is 11.7. The van der Waals surface area contributed by atoms with E-state index in [-0.39, 0.29) is 6.61 Å². The van der Waals surface area contributed by atoms with Crippen molar-refractivity contribution < 1.29 is 19.4 Å². The van der Waals surface area contributed by atoms with Crippen molar-refractivity contribution in [1.29, 1.82) is 0 Å². The zero-order chi connectivity index (χ0) is 13.7. The molecule has 1 amide bonds. The Morgan fingerprint density at radius 3 is 2.39 bits per heavy atom. The van der Waals surface area contributed by atoms with Gasteiger partial charge in [-0.1, -0.05) is 23.2 Å². The highest BCUT2D eigenvalue weighted by atomic mass is 35.5. The summed E-state index contributed by atoms with van der Waals surface area (Å²) in [7, 11) is 0. The third-order valence-electron chi connectivity index (χ3n) is 1.95. The second-order valence-electron chi connectivity index (χ2n) is 3.52. The third-order valence-corrected chi connectivity index (χ3v) is 2.39. The lowest BCUT2D eigenvalue weighted by Gasteiger charge is -2.10. The van der Waals surface area contributed by atoms with E-state index in [1.165, 1.54) is 25.1 Å². The highest BCUT2D eigenvalue weighted by Gasteiger charge is 2.14. The number of benzene rings is 1. The number of carbonyl (C=O) groups excluding carboxylic acids is 1. The van der Waals surface area contributed by atoms with Gasteiger partial charge in [-0.3, -0.25) is 9.59 Å². The summed E-state index contributed by atoms with van der Waals surface area (Å²) in [6, 6.07) is 3.56. The zero-order valence-corrected chi connectivity index (χ0v) is 11.0. The Morgan fingerprint density at radius 2 is 1.89 bits per heavy atom. The molecule has 0 aliphatic carbocycles. The van der Waals surface area contributed by atoms with Crippen LogP contribution in [0.1, 0.15) is 6.92 Å². The van der Waals surface area contributed by atoms with Crippen molar-refractivity contribution in [3.05, 3.63) is 28.2 Å². The summed E-state index contributed by atoms with van der Waals surface area (Å²) in [5.41, 5.74) is 0. The first-order valence-electron chi connectivity index (χ1n) is 4.99. The van der Waals surface area contributed by atoms with Gasteiger partial charge in [0.05, 0.1) is 0 Å². The van der Waals surface area contributed by atoms with Crippen molar-refractivity contribution in [2.75, 3.05) is 6.61 Å². The van der Waals surface area contributed by atoms with Gasteiger partial charge in [-0.05, 0) is 25.1 Å². The van der Waals surface area contributed by atoms with E-state index in [0.717, 1.165) is 0 Å². The van der Waals surface area contributed by atoms with Gasteiger partial charge >= 0.3 is 5.97 Å². The van der Waals surface area contributed by atoms with Crippen LogP contribution in [0.2, 0.25) is 10.0 Å². The number of aliphatic carboxylic acids is 1. The van der Waals surface area contributed by atoms with Crippen molar-refractivity contribution in [1.82, 2.24) is 5.32 Å². The summed E-state index contributed by atoms with van der Waals surface area (Å²) in [5.74, 6) is -1.32. The Morgan fingerprint density at radius 1 is 1.33 bits per heavy atom. The lowest BCUT2D eigenvalue weighted by Crippen LogP contribution is -2.40. The maximum Gasteiger partial charge on any atom is 0.325 e. The molecule has 0 aliphatic heterocycles. The molecule has 5 nitrogen and oxygen atoms in total. The fraction of sp³-hybridized carbons (Fsp3) is 0.273. The molecule has 0 fully saturated rings. The number of hydrogen-bond acceptors (Lipinski definition) is 3. The second-order valence-corrected chi connectivity index (χ2v) is 4.39. The van der Waals surface area contributed by atoms with E-state index in [4.69, 9.17) is 33.0 Å². The molecule has 1 aromatic rings. The molecule has 7 heteroatoms. The quantitative estimate of drug-likeness (QED) is 0.870. The van der Waals surface area contributed by atoms with Gasteiger partial charge in [-0.15, -0.1) is 0 Å². The van der Waals surface area contributed by atoms with Crippen LogP contribution in [0.15, 0.2) is 18.2 Å². The Bertz CT molecular complexity index is 444. The molecule has 0 unspecified atom stereocenters. The van der Waals surface area contributed by atoms with Crippen LogP contribution in [0.4, 0.5) is 0 Å². The van der Waals surface area contributed by atoms with Gasteiger partial charge in [0.2, 0.25) is 0 Å². The maximum atomic E-state index is 11.3. The standard InChI is InChI=1S/C11H11Cl2NO4/c1-6(11(16)17)14-10(15)5-18-9-3-7(12)2-8(13)4-9/h2-4,6H,5H2,1H3,(H,14,15)(H,16,17)/t6-/m1/s1. The summed E-state index contributed by atoms with van der Waals surface area (Å²) in [6.07, 6.45) is 0. The number of amides is 1. The summed E-state index contributed by atoms with van der Waals surface area (Å²) in [6.45, 7) is 1.05. The predicted molar refractivity (Wildman–Crippen MR) is 67.2 cm³/mol. The molecule has 2 N–H and O–H groups in total. The van der Waals surface area contributed by atoms with Gasteiger partial charge in [0.15, 0.2) is 6.61 Å². The fourth-order valence-electron chi connectivity index (χ4n) is 1.11. The molecule has 1 aromatic carbocycles. The smallest absolute Gasteiger partial charge is 0.325 e. The number of carbonyl (C=O) groups is 2. The molecule has 18 heavy (non-hydrogen) atoms. The van der Waals surface area contributed by atoms with Crippen molar-refractivity contribution in [2.45, 2.75) is 13.0 Å². The minimum Gasteiger partial charge on any atom is -0.484 e. The van der Waals surface area contributed by atoms with Gasteiger partial charge in [-0.2, -0.15) is 0 Å². The minimum absolute atomic E-state index is 0.311. The average Bonchev–Trinajstić information content (AvgIpc) is 2.25. The highest BCUT2D eigenvalue weighted by Crippen LogP contribution is 2.23. The number of halogens is 2. The average molecular weight is 292 g/mol. The molecule has 1 rings (SSSR count). The van der Waals surface area contributed by atoms with Crippen LogP contribution in [0.5, 0.6) is 5.75 Å². The largest absolute Gasteiger partial charge is 0.484 e. The molecule has 1 atom stereocenters. The van der Waals surface area contributed by atoms with Crippen LogP contribution in [0.25, 0.3) is 0 Å². The van der Waals surface area contributed by atoms with Crippen molar-refractivity contribution in [3.63, 3.8) is 0 Å². The maximum absolute atomic E-state index is 11.3. The summed E-state index contributed by atoms with van der Waals surface area (Å²) < 4.78 is 5.14. The molecule has 0 aromatic heterocycles. The third kappa shape index (κ3) is 4.81. The Balaban J connectivity index is 2.50. The van der Waals surface area contributed by atoms with E-state index in [1.807, 2.05) is 0 Å². The first-order valence-corrected chi connectivity index (χ1v) is 5.75. The van der Waals surface area contributed by atoms with Crippen LogP contribution in [-0.2, 0) is 9.59 Å². The first kappa shape index (κ1) is 14.6. The van der Waals surface area contributed by atoms with Crippen LogP contribution in [-0.4, -0.2) is 29.6 Å². The Kier molecular flexibility index (Phi) is 5.25. The number of carboxylic acid groups (broad SMARTS) is 1. The molecule has 98 valence electrons. The summed E-state index contributed by atoms with van der Waals surface area (Å²) in [5, 5.41) is 11.6. The lowest BCUT2D eigenvalue weighted by atomic mass is 10.3. The lowest BCUT2D eigenvalue weighted by molar-refractivity contribution is -0.141. The van der Waals surface area contributed by atoms with E-state index in [9.17, 15) is 9.59 Å². The number of nitrogens with one attached hydrogen (secondary N) is 1. The number of ether oxygens (including phenoxy) is 1.